The number of carbonyl (C=O) groups excluding carboxylic acids is 2. The molecule has 5 heteroatoms. The van der Waals surface area contributed by atoms with Gasteiger partial charge in [-0.2, -0.15) is 0 Å². The molecule has 1 aromatic carbocycles. The zero-order valence-corrected chi connectivity index (χ0v) is 12.8. The number of esters is 1. The standard InChI is InChI=1S/C16H23NO4/c1-4-12(2)15(16(19)20-3)17-14(18)11-21-10-13-8-6-5-7-9-13/h5-9,12,15H,4,10-11H2,1-3H3,(H,17,18)/t12-,15-/m1/s1. The van der Waals surface area contributed by atoms with Crippen molar-refractivity contribution in [3.8, 4) is 0 Å². The van der Waals surface area contributed by atoms with Gasteiger partial charge < -0.3 is 14.8 Å². The van der Waals surface area contributed by atoms with Crippen LogP contribution in [0.5, 0.6) is 0 Å². The maximum Gasteiger partial charge on any atom is 0.328 e. The molecule has 0 spiro atoms. The van der Waals surface area contributed by atoms with Gasteiger partial charge in [-0.05, 0) is 11.5 Å². The Morgan fingerprint density at radius 1 is 1.24 bits per heavy atom. The first-order valence-corrected chi connectivity index (χ1v) is 7.07. The highest BCUT2D eigenvalue weighted by Gasteiger charge is 2.26. The molecule has 0 saturated carbocycles. The van der Waals surface area contributed by atoms with E-state index in [4.69, 9.17) is 9.47 Å². The van der Waals surface area contributed by atoms with Crippen molar-refractivity contribution in [2.45, 2.75) is 32.9 Å². The van der Waals surface area contributed by atoms with E-state index in [1.807, 2.05) is 44.2 Å². The van der Waals surface area contributed by atoms with Gasteiger partial charge in [0.05, 0.1) is 13.7 Å². The average molecular weight is 293 g/mol. The van der Waals surface area contributed by atoms with Crippen molar-refractivity contribution in [1.29, 1.82) is 0 Å². The maximum absolute atomic E-state index is 11.8. The minimum atomic E-state index is -0.632. The summed E-state index contributed by atoms with van der Waals surface area (Å²) in [5.41, 5.74) is 0.997. The van der Waals surface area contributed by atoms with Crippen LogP contribution < -0.4 is 5.32 Å². The summed E-state index contributed by atoms with van der Waals surface area (Å²) in [7, 11) is 1.32. The van der Waals surface area contributed by atoms with Crippen LogP contribution in [0.15, 0.2) is 30.3 Å². The van der Waals surface area contributed by atoms with Gasteiger partial charge in [-0.1, -0.05) is 50.6 Å². The van der Waals surface area contributed by atoms with Gasteiger partial charge in [0.25, 0.3) is 0 Å². The molecular weight excluding hydrogens is 270 g/mol. The second-order valence-corrected chi connectivity index (χ2v) is 4.93. The number of nitrogens with one attached hydrogen (secondary N) is 1. The van der Waals surface area contributed by atoms with Crippen LogP contribution in [0.1, 0.15) is 25.8 Å². The van der Waals surface area contributed by atoms with Gasteiger partial charge in [-0.25, -0.2) is 4.79 Å². The molecule has 0 heterocycles. The van der Waals surface area contributed by atoms with Crippen molar-refractivity contribution in [3.63, 3.8) is 0 Å². The van der Waals surface area contributed by atoms with E-state index in [0.29, 0.717) is 6.61 Å². The van der Waals surface area contributed by atoms with Crippen LogP contribution in [0.3, 0.4) is 0 Å². The van der Waals surface area contributed by atoms with Crippen molar-refractivity contribution in [2.24, 2.45) is 5.92 Å². The Bertz CT molecular complexity index is 447. The molecule has 0 fully saturated rings. The van der Waals surface area contributed by atoms with Crippen LogP contribution in [-0.2, 0) is 25.7 Å². The zero-order valence-electron chi connectivity index (χ0n) is 12.8. The fraction of sp³-hybridized carbons (Fsp3) is 0.500. The van der Waals surface area contributed by atoms with Crippen LogP contribution in [0.2, 0.25) is 0 Å². The third-order valence-electron chi connectivity index (χ3n) is 3.33. The predicted molar refractivity (Wildman–Crippen MR) is 79.5 cm³/mol. The van der Waals surface area contributed by atoms with Crippen LogP contribution >= 0.6 is 0 Å². The Balaban J connectivity index is 2.41. The average Bonchev–Trinajstić information content (AvgIpc) is 2.52. The molecule has 1 aromatic rings. The minimum Gasteiger partial charge on any atom is -0.467 e. The molecule has 21 heavy (non-hydrogen) atoms. The lowest BCUT2D eigenvalue weighted by atomic mass is 9.99. The highest BCUT2D eigenvalue weighted by Crippen LogP contribution is 2.09. The Hall–Kier alpha value is -1.88. The lowest BCUT2D eigenvalue weighted by Crippen LogP contribution is -2.46. The molecule has 0 aromatic heterocycles. The second-order valence-electron chi connectivity index (χ2n) is 4.93. The highest BCUT2D eigenvalue weighted by molar-refractivity contribution is 5.85. The largest absolute Gasteiger partial charge is 0.467 e. The Kier molecular flexibility index (Phi) is 7.46. The monoisotopic (exact) mass is 293 g/mol. The number of amides is 1. The van der Waals surface area contributed by atoms with Gasteiger partial charge in [0.2, 0.25) is 5.91 Å². The predicted octanol–water partition coefficient (Wildman–Crippen LogP) is 1.91. The first kappa shape index (κ1) is 17.2. The van der Waals surface area contributed by atoms with Crippen molar-refractivity contribution in [2.75, 3.05) is 13.7 Å². The molecule has 0 aliphatic heterocycles. The first-order valence-electron chi connectivity index (χ1n) is 7.07. The van der Waals surface area contributed by atoms with Gasteiger partial charge in [0.1, 0.15) is 12.6 Å². The van der Waals surface area contributed by atoms with Gasteiger partial charge in [-0.15, -0.1) is 0 Å². The van der Waals surface area contributed by atoms with Crippen LogP contribution in [0, 0.1) is 5.92 Å². The molecule has 0 saturated heterocycles. The van der Waals surface area contributed by atoms with E-state index < -0.39 is 12.0 Å². The van der Waals surface area contributed by atoms with Crippen molar-refractivity contribution < 1.29 is 19.1 Å². The summed E-state index contributed by atoms with van der Waals surface area (Å²) in [6.45, 7) is 4.13. The van der Waals surface area contributed by atoms with Crippen LogP contribution in [0.4, 0.5) is 0 Å². The van der Waals surface area contributed by atoms with E-state index in [-0.39, 0.29) is 18.4 Å². The van der Waals surface area contributed by atoms with Gasteiger partial charge >= 0.3 is 5.97 Å². The lowest BCUT2D eigenvalue weighted by Gasteiger charge is -2.21. The highest BCUT2D eigenvalue weighted by atomic mass is 16.5. The van der Waals surface area contributed by atoms with E-state index in [1.165, 1.54) is 7.11 Å². The van der Waals surface area contributed by atoms with E-state index in [9.17, 15) is 9.59 Å². The molecule has 0 aliphatic rings. The number of ether oxygens (including phenoxy) is 2. The van der Waals surface area contributed by atoms with E-state index in [2.05, 4.69) is 5.32 Å². The molecule has 0 radical (unpaired) electrons. The fourth-order valence-corrected chi connectivity index (χ4v) is 1.85. The van der Waals surface area contributed by atoms with Gasteiger partial charge in [0, 0.05) is 0 Å². The maximum atomic E-state index is 11.8. The quantitative estimate of drug-likeness (QED) is 0.744. The number of rotatable bonds is 8. The zero-order chi connectivity index (χ0) is 15.7. The lowest BCUT2D eigenvalue weighted by molar-refractivity contribution is -0.147. The van der Waals surface area contributed by atoms with Gasteiger partial charge in [-0.3, -0.25) is 4.79 Å². The smallest absolute Gasteiger partial charge is 0.328 e. The van der Waals surface area contributed by atoms with E-state index >= 15 is 0 Å². The molecule has 0 aliphatic carbocycles. The third kappa shape index (κ3) is 5.95. The molecule has 1 rings (SSSR count). The van der Waals surface area contributed by atoms with Gasteiger partial charge in [0.15, 0.2) is 0 Å². The van der Waals surface area contributed by atoms with E-state index in [1.54, 1.807) is 0 Å². The minimum absolute atomic E-state index is 0.00974. The molecule has 1 N–H and O–H groups in total. The number of carbonyl (C=O) groups is 2. The summed E-state index contributed by atoms with van der Waals surface area (Å²) in [6, 6.07) is 8.96. The summed E-state index contributed by atoms with van der Waals surface area (Å²) >= 11 is 0. The summed E-state index contributed by atoms with van der Waals surface area (Å²) in [5, 5.41) is 2.67. The first-order chi connectivity index (χ1) is 10.1. The van der Waals surface area contributed by atoms with Crippen molar-refractivity contribution in [1.82, 2.24) is 5.32 Å². The molecule has 2 atom stereocenters. The summed E-state index contributed by atoms with van der Waals surface area (Å²) < 4.78 is 10.1. The summed E-state index contributed by atoms with van der Waals surface area (Å²) in [5.74, 6) is -0.738. The molecule has 0 unspecified atom stereocenters. The van der Waals surface area contributed by atoms with Crippen LogP contribution in [-0.4, -0.2) is 31.6 Å². The van der Waals surface area contributed by atoms with Crippen molar-refractivity contribution in [3.05, 3.63) is 35.9 Å². The van der Waals surface area contributed by atoms with Crippen molar-refractivity contribution >= 4 is 11.9 Å². The number of hydrogen-bond acceptors (Lipinski definition) is 4. The molecular formula is C16H23NO4. The summed E-state index contributed by atoms with van der Waals surface area (Å²) in [4.78, 5) is 23.5. The molecule has 5 nitrogen and oxygen atoms in total. The molecule has 1 amide bonds. The molecule has 0 bridgehead atoms. The number of benzene rings is 1. The fourth-order valence-electron chi connectivity index (χ4n) is 1.85. The third-order valence-corrected chi connectivity index (χ3v) is 3.33. The Morgan fingerprint density at radius 3 is 2.48 bits per heavy atom. The Morgan fingerprint density at radius 2 is 1.90 bits per heavy atom. The van der Waals surface area contributed by atoms with Crippen LogP contribution in [0.25, 0.3) is 0 Å². The number of hydrogen-bond donors (Lipinski definition) is 1. The topological polar surface area (TPSA) is 64.6 Å². The Labute approximate surface area is 125 Å². The molecule has 116 valence electrons. The normalized spacial score (nSPS) is 13.3. The number of methoxy groups -OCH3 is 1. The van der Waals surface area contributed by atoms with E-state index in [0.717, 1.165) is 12.0 Å². The second kappa shape index (κ2) is 9.13. The summed E-state index contributed by atoms with van der Waals surface area (Å²) in [6.07, 6.45) is 0.769. The SMILES string of the molecule is CC[C@@H](C)[C@@H](NC(=O)COCc1ccccc1)C(=O)OC.